The molecule has 4 aromatic carbocycles. The molecule has 0 fully saturated rings. The second-order valence-corrected chi connectivity index (χ2v) is 8.42. The van der Waals surface area contributed by atoms with Crippen LogP contribution in [-0.4, -0.2) is 15.5 Å². The Labute approximate surface area is 202 Å². The molecule has 0 unspecified atom stereocenters. The van der Waals surface area contributed by atoms with Crippen LogP contribution in [0.25, 0.3) is 28.2 Å². The number of amides is 1. The number of carbonyl (C=O) groups is 1. The molecule has 5 heteroatoms. The second-order valence-electron chi connectivity index (χ2n) is 8.42. The lowest BCUT2D eigenvalue weighted by Gasteiger charge is -2.17. The number of rotatable bonds is 4. The Hall–Kier alpha value is -4.77. The van der Waals surface area contributed by atoms with Crippen LogP contribution < -0.4 is 10.5 Å². The number of nitrogens with zero attached hydrogens (tertiary/aromatic N) is 3. The molecule has 1 aliphatic heterocycles. The number of hydrogen-bond acceptors (Lipinski definition) is 3. The fraction of sp³-hybridized carbons (Fsp3) is 0.0333. The highest BCUT2D eigenvalue weighted by atomic mass is 16.2. The summed E-state index contributed by atoms with van der Waals surface area (Å²) in [4.78, 5) is 33.9. The van der Waals surface area contributed by atoms with E-state index in [1.54, 1.807) is 21.6 Å². The standard InChI is InChI=1S/C30H21N3O2/c34-29-25(23-15-8-10-18-27(23)32(29)20-21-11-3-1-4-12-21)19-28-31-26-17-9-7-16-24(26)30(35)33(28)22-13-5-2-6-14-22/h1-19H,20H2. The highest BCUT2D eigenvalue weighted by Gasteiger charge is 2.32. The van der Waals surface area contributed by atoms with Crippen molar-refractivity contribution in [3.8, 4) is 5.69 Å². The Kier molecular flexibility index (Phi) is 5.08. The summed E-state index contributed by atoms with van der Waals surface area (Å²) in [7, 11) is 0. The van der Waals surface area contributed by atoms with Crippen molar-refractivity contribution in [3.63, 3.8) is 0 Å². The van der Waals surface area contributed by atoms with Crippen molar-refractivity contribution < 1.29 is 4.79 Å². The number of benzene rings is 4. The maximum Gasteiger partial charge on any atom is 0.266 e. The van der Waals surface area contributed by atoms with Gasteiger partial charge in [0.15, 0.2) is 0 Å². The minimum absolute atomic E-state index is 0.114. The first kappa shape index (κ1) is 20.8. The molecular formula is C30H21N3O2. The predicted octanol–water partition coefficient (Wildman–Crippen LogP) is 5.47. The maximum absolute atomic E-state index is 13.7. The predicted molar refractivity (Wildman–Crippen MR) is 139 cm³/mol. The van der Waals surface area contributed by atoms with E-state index in [0.29, 0.717) is 34.5 Å². The first-order valence-electron chi connectivity index (χ1n) is 11.4. The molecule has 0 atom stereocenters. The van der Waals surface area contributed by atoms with E-state index in [4.69, 9.17) is 4.98 Å². The van der Waals surface area contributed by atoms with E-state index in [1.807, 2.05) is 103 Å². The largest absolute Gasteiger partial charge is 0.303 e. The third kappa shape index (κ3) is 3.63. The van der Waals surface area contributed by atoms with Crippen LogP contribution in [0.2, 0.25) is 0 Å². The van der Waals surface area contributed by atoms with E-state index in [0.717, 1.165) is 16.8 Å². The Morgan fingerprint density at radius 2 is 1.37 bits per heavy atom. The third-order valence-corrected chi connectivity index (χ3v) is 6.23. The molecule has 2 heterocycles. The summed E-state index contributed by atoms with van der Waals surface area (Å²) >= 11 is 0. The van der Waals surface area contributed by atoms with Crippen molar-refractivity contribution >= 4 is 34.1 Å². The zero-order valence-corrected chi connectivity index (χ0v) is 18.8. The highest BCUT2D eigenvalue weighted by molar-refractivity contribution is 6.35. The van der Waals surface area contributed by atoms with Gasteiger partial charge in [-0.2, -0.15) is 0 Å². The molecule has 168 valence electrons. The highest BCUT2D eigenvalue weighted by Crippen LogP contribution is 2.38. The SMILES string of the molecule is O=C1C(=Cc2nc3ccccc3c(=O)n2-c2ccccc2)c2ccccc2N1Cc1ccccc1. The number of fused-ring (bicyclic) bond motifs is 2. The molecule has 1 aromatic heterocycles. The number of carbonyl (C=O) groups excluding carboxylic acids is 1. The van der Waals surface area contributed by atoms with Crippen molar-refractivity contribution in [2.24, 2.45) is 0 Å². The molecule has 0 aliphatic carbocycles. The van der Waals surface area contributed by atoms with Gasteiger partial charge in [-0.25, -0.2) is 4.98 Å². The van der Waals surface area contributed by atoms with E-state index >= 15 is 0 Å². The van der Waals surface area contributed by atoms with Gasteiger partial charge in [0, 0.05) is 5.56 Å². The zero-order chi connectivity index (χ0) is 23.8. The summed E-state index contributed by atoms with van der Waals surface area (Å²) in [6, 6.07) is 34.3. The summed E-state index contributed by atoms with van der Waals surface area (Å²) < 4.78 is 1.57. The van der Waals surface area contributed by atoms with E-state index in [2.05, 4.69) is 0 Å². The summed E-state index contributed by atoms with van der Waals surface area (Å²) in [6.45, 7) is 0.463. The van der Waals surface area contributed by atoms with E-state index in [1.165, 1.54) is 0 Å². The zero-order valence-electron chi connectivity index (χ0n) is 18.8. The van der Waals surface area contributed by atoms with Crippen molar-refractivity contribution in [1.29, 1.82) is 0 Å². The monoisotopic (exact) mass is 455 g/mol. The lowest BCUT2D eigenvalue weighted by atomic mass is 10.1. The van der Waals surface area contributed by atoms with Crippen molar-refractivity contribution in [2.45, 2.75) is 6.54 Å². The van der Waals surface area contributed by atoms with Crippen LogP contribution >= 0.6 is 0 Å². The van der Waals surface area contributed by atoms with Gasteiger partial charge in [-0.3, -0.25) is 14.2 Å². The van der Waals surface area contributed by atoms with Crippen LogP contribution in [0.15, 0.2) is 114 Å². The van der Waals surface area contributed by atoms with E-state index < -0.39 is 0 Å². The Balaban J connectivity index is 1.55. The van der Waals surface area contributed by atoms with Crippen LogP contribution in [0.1, 0.15) is 17.0 Å². The minimum Gasteiger partial charge on any atom is -0.303 e. The van der Waals surface area contributed by atoms with Crippen molar-refractivity contribution in [3.05, 3.63) is 136 Å². The maximum atomic E-state index is 13.7. The van der Waals surface area contributed by atoms with Crippen LogP contribution in [0, 0.1) is 0 Å². The van der Waals surface area contributed by atoms with Crippen molar-refractivity contribution in [2.75, 3.05) is 4.90 Å². The molecule has 0 bridgehead atoms. The van der Waals surface area contributed by atoms with Gasteiger partial charge in [0.25, 0.3) is 11.5 Å². The summed E-state index contributed by atoms with van der Waals surface area (Å²) in [5.74, 6) is 0.302. The molecule has 1 amide bonds. The van der Waals surface area contributed by atoms with Gasteiger partial charge < -0.3 is 4.90 Å². The molecule has 0 N–H and O–H groups in total. The Morgan fingerprint density at radius 1 is 0.714 bits per heavy atom. The molecular weight excluding hydrogens is 434 g/mol. The van der Waals surface area contributed by atoms with Gasteiger partial charge in [-0.15, -0.1) is 0 Å². The molecule has 6 rings (SSSR count). The van der Waals surface area contributed by atoms with Crippen LogP contribution in [0.4, 0.5) is 5.69 Å². The smallest absolute Gasteiger partial charge is 0.266 e. The molecule has 0 saturated carbocycles. The fourth-order valence-corrected chi connectivity index (χ4v) is 4.57. The van der Waals surface area contributed by atoms with Gasteiger partial charge in [-0.05, 0) is 42.0 Å². The van der Waals surface area contributed by atoms with Crippen LogP contribution in [0.5, 0.6) is 0 Å². The fourth-order valence-electron chi connectivity index (χ4n) is 4.57. The molecule has 35 heavy (non-hydrogen) atoms. The van der Waals surface area contributed by atoms with Gasteiger partial charge in [0.1, 0.15) is 5.82 Å². The van der Waals surface area contributed by atoms with Gasteiger partial charge in [0.05, 0.1) is 34.4 Å². The molecule has 0 saturated heterocycles. The summed E-state index contributed by atoms with van der Waals surface area (Å²) in [5.41, 5.74) is 4.36. The third-order valence-electron chi connectivity index (χ3n) is 6.23. The van der Waals surface area contributed by atoms with Gasteiger partial charge in [-0.1, -0.05) is 78.9 Å². The molecule has 0 radical (unpaired) electrons. The molecule has 5 nitrogen and oxygen atoms in total. The normalized spacial score (nSPS) is 14.0. The molecule has 1 aliphatic rings. The first-order valence-corrected chi connectivity index (χ1v) is 11.4. The van der Waals surface area contributed by atoms with Gasteiger partial charge >= 0.3 is 0 Å². The average molecular weight is 456 g/mol. The van der Waals surface area contributed by atoms with Crippen LogP contribution in [0.3, 0.4) is 0 Å². The van der Waals surface area contributed by atoms with E-state index in [-0.39, 0.29) is 11.5 Å². The van der Waals surface area contributed by atoms with Crippen LogP contribution in [-0.2, 0) is 11.3 Å². The minimum atomic E-state index is -0.173. The quantitative estimate of drug-likeness (QED) is 0.338. The van der Waals surface area contributed by atoms with Crippen molar-refractivity contribution in [1.82, 2.24) is 9.55 Å². The summed E-state index contributed by atoms with van der Waals surface area (Å²) in [5, 5.41) is 0.530. The Bertz CT molecular complexity index is 1650. The number of aromatic nitrogens is 2. The Morgan fingerprint density at radius 3 is 2.17 bits per heavy atom. The number of hydrogen-bond donors (Lipinski definition) is 0. The topological polar surface area (TPSA) is 55.2 Å². The second kappa shape index (κ2) is 8.54. The van der Waals surface area contributed by atoms with E-state index in [9.17, 15) is 9.59 Å². The average Bonchev–Trinajstić information content (AvgIpc) is 3.16. The molecule has 0 spiro atoms. The lowest BCUT2D eigenvalue weighted by molar-refractivity contribution is -0.113. The van der Waals surface area contributed by atoms with Gasteiger partial charge in [0.2, 0.25) is 0 Å². The molecule has 5 aromatic rings. The lowest BCUT2D eigenvalue weighted by Crippen LogP contribution is -2.26. The number of para-hydroxylation sites is 3. The first-order chi connectivity index (χ1) is 17.2. The summed E-state index contributed by atoms with van der Waals surface area (Å²) in [6.07, 6.45) is 1.74. The number of anilines is 1.